The van der Waals surface area contributed by atoms with E-state index in [0.29, 0.717) is 17.9 Å². The van der Waals surface area contributed by atoms with E-state index in [0.717, 1.165) is 18.4 Å². The van der Waals surface area contributed by atoms with Crippen molar-refractivity contribution in [3.63, 3.8) is 0 Å². The fourth-order valence-corrected chi connectivity index (χ4v) is 2.75. The lowest BCUT2D eigenvalue weighted by Gasteiger charge is -2.32. The first-order chi connectivity index (χ1) is 12.6. The van der Waals surface area contributed by atoms with E-state index in [1.807, 2.05) is 53.9 Å². The van der Waals surface area contributed by atoms with Crippen LogP contribution in [-0.2, 0) is 14.1 Å². The van der Waals surface area contributed by atoms with Crippen molar-refractivity contribution in [2.45, 2.75) is 51.7 Å². The number of ketones is 1. The van der Waals surface area contributed by atoms with E-state index in [2.05, 4.69) is 4.90 Å². The normalized spacial score (nSPS) is 18.0. The molecule has 1 aromatic carbocycles. The fraction of sp³-hybridized carbons (Fsp3) is 0.650. The van der Waals surface area contributed by atoms with Crippen molar-refractivity contribution in [2.75, 3.05) is 34.4 Å². The molecule has 150 valence electrons. The Hall–Kier alpha value is -1.57. The van der Waals surface area contributed by atoms with Crippen molar-refractivity contribution in [1.29, 1.82) is 0 Å². The van der Waals surface area contributed by atoms with Crippen LogP contribution in [0.25, 0.3) is 0 Å². The van der Waals surface area contributed by atoms with Gasteiger partial charge in [0.1, 0.15) is 6.61 Å². The second kappa shape index (κ2) is 8.63. The van der Waals surface area contributed by atoms with Crippen molar-refractivity contribution >= 4 is 18.4 Å². The highest BCUT2D eigenvalue weighted by atomic mass is 16.7. The van der Waals surface area contributed by atoms with E-state index >= 15 is 0 Å². The standard InChI is InChI=1S/C20H32BNO5/c1-19(2)20(3,4)27-21(26-19)15-10-11-17(18(13-15)24-7)25-14-16(23)9-8-12-22(5)6/h10-11,13H,8-9,12,14H2,1-7H3. The molecule has 0 unspecified atom stereocenters. The number of carbonyl (C=O) groups is 1. The van der Waals surface area contributed by atoms with Gasteiger partial charge in [-0.05, 0) is 72.4 Å². The SMILES string of the molecule is COc1cc(B2OC(C)(C)C(C)(C)O2)ccc1OCC(=O)CCCN(C)C. The van der Waals surface area contributed by atoms with Gasteiger partial charge in [0, 0.05) is 6.42 Å². The van der Waals surface area contributed by atoms with Gasteiger partial charge in [-0.15, -0.1) is 0 Å². The van der Waals surface area contributed by atoms with E-state index in [9.17, 15) is 4.79 Å². The second-order valence-corrected chi connectivity index (χ2v) is 8.23. The summed E-state index contributed by atoms with van der Waals surface area (Å²) in [5.74, 6) is 1.18. The van der Waals surface area contributed by atoms with Gasteiger partial charge >= 0.3 is 7.12 Å². The minimum atomic E-state index is -0.467. The van der Waals surface area contributed by atoms with Crippen LogP contribution in [-0.4, -0.2) is 63.4 Å². The van der Waals surface area contributed by atoms with Gasteiger partial charge < -0.3 is 23.7 Å². The number of rotatable bonds is 9. The number of methoxy groups -OCH3 is 1. The van der Waals surface area contributed by atoms with Crippen LogP contribution in [0.15, 0.2) is 18.2 Å². The maximum Gasteiger partial charge on any atom is 0.494 e. The molecule has 27 heavy (non-hydrogen) atoms. The van der Waals surface area contributed by atoms with E-state index in [4.69, 9.17) is 18.8 Å². The van der Waals surface area contributed by atoms with Crippen LogP contribution in [0.1, 0.15) is 40.5 Å². The second-order valence-electron chi connectivity index (χ2n) is 8.23. The predicted octanol–water partition coefficient (Wildman–Crippen LogP) is 2.28. The van der Waals surface area contributed by atoms with Crippen molar-refractivity contribution in [2.24, 2.45) is 0 Å². The molecular weight excluding hydrogens is 345 g/mol. The average Bonchev–Trinajstić information content (AvgIpc) is 2.80. The number of nitrogens with zero attached hydrogens (tertiary/aromatic N) is 1. The molecular formula is C20H32BNO5. The summed E-state index contributed by atoms with van der Waals surface area (Å²) < 4.78 is 23.3. The maximum absolute atomic E-state index is 12.0. The van der Waals surface area contributed by atoms with Crippen LogP contribution in [0.4, 0.5) is 0 Å². The average molecular weight is 377 g/mol. The highest BCUT2D eigenvalue weighted by Gasteiger charge is 2.51. The summed E-state index contributed by atoms with van der Waals surface area (Å²) in [6.45, 7) is 9.00. The van der Waals surface area contributed by atoms with E-state index in [1.54, 1.807) is 13.2 Å². The molecule has 1 fully saturated rings. The number of carbonyl (C=O) groups excluding carboxylic acids is 1. The first-order valence-electron chi connectivity index (χ1n) is 9.38. The van der Waals surface area contributed by atoms with Crippen molar-refractivity contribution in [3.8, 4) is 11.5 Å². The van der Waals surface area contributed by atoms with E-state index in [1.165, 1.54) is 0 Å². The highest BCUT2D eigenvalue weighted by molar-refractivity contribution is 6.62. The Balaban J connectivity index is 1.99. The number of ether oxygens (including phenoxy) is 2. The molecule has 1 saturated heterocycles. The van der Waals surface area contributed by atoms with E-state index < -0.39 is 18.3 Å². The zero-order valence-corrected chi connectivity index (χ0v) is 17.6. The third-order valence-electron chi connectivity index (χ3n) is 5.16. The Bertz CT molecular complexity index is 644. The summed E-state index contributed by atoms with van der Waals surface area (Å²) in [6.07, 6.45) is 1.33. The van der Waals surface area contributed by atoms with E-state index in [-0.39, 0.29) is 12.4 Å². The summed E-state index contributed by atoms with van der Waals surface area (Å²) in [6, 6.07) is 5.52. The lowest BCUT2D eigenvalue weighted by molar-refractivity contribution is -0.121. The zero-order valence-electron chi connectivity index (χ0n) is 17.6. The molecule has 0 N–H and O–H groups in total. The molecule has 0 aromatic heterocycles. The largest absolute Gasteiger partial charge is 0.494 e. The van der Waals surface area contributed by atoms with Crippen molar-refractivity contribution in [3.05, 3.63) is 18.2 Å². The molecule has 0 saturated carbocycles. The molecule has 1 heterocycles. The Morgan fingerprint density at radius 1 is 1.11 bits per heavy atom. The summed E-state index contributed by atoms with van der Waals surface area (Å²) >= 11 is 0. The molecule has 0 amide bonds. The van der Waals surface area contributed by atoms with Gasteiger partial charge in [-0.25, -0.2) is 0 Å². The Morgan fingerprint density at radius 2 is 1.74 bits per heavy atom. The summed E-state index contributed by atoms with van der Waals surface area (Å²) in [5, 5.41) is 0. The molecule has 6 nitrogen and oxygen atoms in total. The molecule has 1 aliphatic heterocycles. The number of hydrogen-bond donors (Lipinski definition) is 0. The minimum Gasteiger partial charge on any atom is -0.493 e. The highest BCUT2D eigenvalue weighted by Crippen LogP contribution is 2.37. The van der Waals surface area contributed by atoms with Gasteiger partial charge in [0.2, 0.25) is 0 Å². The van der Waals surface area contributed by atoms with Gasteiger partial charge in [0.05, 0.1) is 18.3 Å². The smallest absolute Gasteiger partial charge is 0.493 e. The Labute approximate surface area is 163 Å². The third kappa shape index (κ3) is 5.47. The molecule has 0 aliphatic carbocycles. The summed E-state index contributed by atoms with van der Waals surface area (Å²) in [7, 11) is 5.10. The topological polar surface area (TPSA) is 57.2 Å². The van der Waals surface area contributed by atoms with Gasteiger partial charge in [-0.2, -0.15) is 0 Å². The van der Waals surface area contributed by atoms with Crippen molar-refractivity contribution < 1.29 is 23.6 Å². The zero-order chi connectivity index (χ0) is 20.2. The quantitative estimate of drug-likeness (QED) is 0.616. The van der Waals surface area contributed by atoms with Crippen molar-refractivity contribution in [1.82, 2.24) is 4.90 Å². The van der Waals surface area contributed by atoms with Crippen LogP contribution in [0.3, 0.4) is 0 Å². The number of benzene rings is 1. The molecule has 2 rings (SSSR count). The van der Waals surface area contributed by atoms with Crippen LogP contribution < -0.4 is 14.9 Å². The Kier molecular flexibility index (Phi) is 6.95. The molecule has 0 bridgehead atoms. The molecule has 7 heteroatoms. The van der Waals surface area contributed by atoms with Gasteiger partial charge in [0.25, 0.3) is 0 Å². The first kappa shape index (κ1) is 21.7. The lowest BCUT2D eigenvalue weighted by atomic mass is 9.79. The Morgan fingerprint density at radius 3 is 2.30 bits per heavy atom. The molecule has 0 atom stereocenters. The number of Topliss-reactive ketones (excluding diaryl/α,β-unsaturated/α-hetero) is 1. The minimum absolute atomic E-state index is 0.0413. The monoisotopic (exact) mass is 377 g/mol. The van der Waals surface area contributed by atoms with Crippen LogP contribution in [0.2, 0.25) is 0 Å². The fourth-order valence-electron chi connectivity index (χ4n) is 2.75. The predicted molar refractivity (Wildman–Crippen MR) is 107 cm³/mol. The number of hydrogen-bond acceptors (Lipinski definition) is 6. The molecule has 1 aromatic rings. The first-order valence-corrected chi connectivity index (χ1v) is 9.38. The lowest BCUT2D eigenvalue weighted by Crippen LogP contribution is -2.41. The summed E-state index contributed by atoms with van der Waals surface area (Å²) in [5.41, 5.74) is 0.0492. The maximum atomic E-state index is 12.0. The molecule has 0 spiro atoms. The molecule has 0 radical (unpaired) electrons. The van der Waals surface area contributed by atoms with Crippen LogP contribution in [0.5, 0.6) is 11.5 Å². The van der Waals surface area contributed by atoms with Gasteiger partial charge in [-0.3, -0.25) is 4.79 Å². The van der Waals surface area contributed by atoms with Gasteiger partial charge in [0.15, 0.2) is 17.3 Å². The van der Waals surface area contributed by atoms with Gasteiger partial charge in [-0.1, -0.05) is 6.07 Å². The van der Waals surface area contributed by atoms with Crippen LogP contribution in [0, 0.1) is 0 Å². The van der Waals surface area contributed by atoms with Crippen LogP contribution >= 0.6 is 0 Å². The summed E-state index contributed by atoms with van der Waals surface area (Å²) in [4.78, 5) is 14.1. The molecule has 1 aliphatic rings. The third-order valence-corrected chi connectivity index (χ3v) is 5.16.